The zero-order valence-electron chi connectivity index (χ0n) is 17.3. The van der Waals surface area contributed by atoms with Gasteiger partial charge in [0.05, 0.1) is 28.0 Å². The fourth-order valence-corrected chi connectivity index (χ4v) is 7.55. The third-order valence-corrected chi connectivity index (χ3v) is 9.16. The molecule has 1 amide bonds. The third kappa shape index (κ3) is 3.86. The zero-order chi connectivity index (χ0) is 22.5. The molecule has 3 saturated heterocycles. The Balaban J connectivity index is 1.58. The molecule has 0 aliphatic carbocycles. The van der Waals surface area contributed by atoms with Gasteiger partial charge < -0.3 is 4.90 Å². The van der Waals surface area contributed by atoms with Crippen molar-refractivity contribution in [3.05, 3.63) is 45.2 Å². The first kappa shape index (κ1) is 21.6. The van der Waals surface area contributed by atoms with Crippen molar-refractivity contribution >= 4 is 61.6 Å². The lowest BCUT2D eigenvalue weighted by Gasteiger charge is -2.29. The van der Waals surface area contributed by atoms with Gasteiger partial charge in [-0.1, -0.05) is 30.0 Å². The van der Waals surface area contributed by atoms with Gasteiger partial charge in [-0.05, 0) is 43.9 Å². The Morgan fingerprint density at radius 1 is 1.16 bits per heavy atom. The quantitative estimate of drug-likeness (QED) is 0.477. The van der Waals surface area contributed by atoms with Crippen molar-refractivity contribution in [2.75, 3.05) is 29.5 Å². The molecule has 5 heterocycles. The maximum atomic E-state index is 13.4. The van der Waals surface area contributed by atoms with E-state index in [1.165, 1.54) is 9.30 Å². The van der Waals surface area contributed by atoms with Gasteiger partial charge in [-0.3, -0.25) is 18.9 Å². The predicted molar refractivity (Wildman–Crippen MR) is 130 cm³/mol. The molecule has 2 aromatic rings. The van der Waals surface area contributed by atoms with Crippen LogP contribution in [0.1, 0.15) is 31.2 Å². The van der Waals surface area contributed by atoms with Crippen LogP contribution in [0.4, 0.5) is 5.82 Å². The van der Waals surface area contributed by atoms with E-state index in [0.717, 1.165) is 44.1 Å². The van der Waals surface area contributed by atoms with Gasteiger partial charge in [0.2, 0.25) is 0 Å². The molecule has 0 saturated carbocycles. The van der Waals surface area contributed by atoms with Gasteiger partial charge in [0.25, 0.3) is 11.5 Å². The Labute approximate surface area is 195 Å². The highest BCUT2D eigenvalue weighted by atomic mass is 32.2. The molecular formula is C21H22N4O4S3. The molecule has 0 spiro atoms. The molecular weight excluding hydrogens is 468 g/mol. The van der Waals surface area contributed by atoms with Crippen LogP contribution < -0.4 is 10.5 Å². The van der Waals surface area contributed by atoms with Crippen molar-refractivity contribution in [3.8, 4) is 0 Å². The van der Waals surface area contributed by atoms with Crippen LogP contribution in [0.15, 0.2) is 34.1 Å². The van der Waals surface area contributed by atoms with Gasteiger partial charge in [0, 0.05) is 19.3 Å². The maximum absolute atomic E-state index is 13.4. The van der Waals surface area contributed by atoms with Gasteiger partial charge in [-0.15, -0.1) is 0 Å². The minimum atomic E-state index is -3.16. The SMILES string of the molecule is O=C1/C(=C/c2c(N3CCCCC3)nc3ccccn3c2=O)SC(=S)N1[C@@H]1CCS(=O)(=O)C1. The lowest BCUT2D eigenvalue weighted by Crippen LogP contribution is -2.39. The highest BCUT2D eigenvalue weighted by Gasteiger charge is 2.42. The Hall–Kier alpha value is -2.24. The van der Waals surface area contributed by atoms with Gasteiger partial charge in [0.1, 0.15) is 15.8 Å². The topological polar surface area (TPSA) is 92.1 Å². The van der Waals surface area contributed by atoms with Crippen LogP contribution in [0.25, 0.3) is 11.7 Å². The highest BCUT2D eigenvalue weighted by Crippen LogP contribution is 2.37. The van der Waals surface area contributed by atoms with E-state index in [1.54, 1.807) is 24.4 Å². The van der Waals surface area contributed by atoms with Crippen molar-refractivity contribution in [2.45, 2.75) is 31.7 Å². The molecule has 32 heavy (non-hydrogen) atoms. The number of piperidine rings is 1. The minimum absolute atomic E-state index is 0.0584. The van der Waals surface area contributed by atoms with Crippen LogP contribution in [0, 0.1) is 0 Å². The summed E-state index contributed by atoms with van der Waals surface area (Å²) >= 11 is 6.53. The molecule has 2 aromatic heterocycles. The summed E-state index contributed by atoms with van der Waals surface area (Å²) in [5.74, 6) is 0.216. The molecule has 0 aromatic carbocycles. The van der Waals surface area contributed by atoms with Crippen molar-refractivity contribution < 1.29 is 13.2 Å². The van der Waals surface area contributed by atoms with Crippen LogP contribution in [-0.4, -0.2) is 63.6 Å². The molecule has 1 atom stereocenters. The van der Waals surface area contributed by atoms with E-state index in [9.17, 15) is 18.0 Å². The molecule has 0 bridgehead atoms. The minimum Gasteiger partial charge on any atom is -0.356 e. The molecule has 3 aliphatic heterocycles. The van der Waals surface area contributed by atoms with Crippen molar-refractivity contribution in [2.24, 2.45) is 0 Å². The zero-order valence-corrected chi connectivity index (χ0v) is 19.7. The molecule has 3 aliphatic rings. The lowest BCUT2D eigenvalue weighted by atomic mass is 10.1. The summed E-state index contributed by atoms with van der Waals surface area (Å²) < 4.78 is 25.6. The molecule has 168 valence electrons. The number of amides is 1. The molecule has 0 N–H and O–H groups in total. The number of aromatic nitrogens is 2. The van der Waals surface area contributed by atoms with Crippen LogP contribution in [0.5, 0.6) is 0 Å². The van der Waals surface area contributed by atoms with Crippen molar-refractivity contribution in [1.29, 1.82) is 0 Å². The number of carbonyl (C=O) groups is 1. The Kier molecular flexibility index (Phi) is 5.58. The third-order valence-electron chi connectivity index (χ3n) is 6.08. The number of hydrogen-bond acceptors (Lipinski definition) is 8. The summed E-state index contributed by atoms with van der Waals surface area (Å²) in [4.78, 5) is 35.2. The maximum Gasteiger partial charge on any atom is 0.267 e. The summed E-state index contributed by atoms with van der Waals surface area (Å²) in [5.41, 5.74) is 0.666. The standard InChI is InChI=1S/C21H22N4O4S3/c26-19-15(12-16-20(27)25(21(30)31-16)14-7-11-32(28,29)13-14)18(23-8-3-1-4-9-23)22-17-6-2-5-10-24(17)19/h2,5-6,10,12,14H,1,3-4,7-9,11,13H2/b16-12-/t14-/m1/s1. The number of sulfone groups is 1. The van der Waals surface area contributed by atoms with E-state index in [1.807, 2.05) is 6.07 Å². The average Bonchev–Trinajstić information content (AvgIpc) is 3.27. The van der Waals surface area contributed by atoms with E-state index < -0.39 is 15.9 Å². The lowest BCUT2D eigenvalue weighted by molar-refractivity contribution is -0.123. The average molecular weight is 491 g/mol. The molecule has 8 nitrogen and oxygen atoms in total. The van der Waals surface area contributed by atoms with Gasteiger partial charge in [-0.25, -0.2) is 13.4 Å². The van der Waals surface area contributed by atoms with Crippen LogP contribution in [0.2, 0.25) is 0 Å². The second-order valence-corrected chi connectivity index (χ2v) is 12.1. The second-order valence-electron chi connectivity index (χ2n) is 8.24. The fraction of sp³-hybridized carbons (Fsp3) is 0.429. The molecule has 0 radical (unpaired) electrons. The summed E-state index contributed by atoms with van der Waals surface area (Å²) in [7, 11) is -3.16. The monoisotopic (exact) mass is 490 g/mol. The van der Waals surface area contributed by atoms with E-state index >= 15 is 0 Å². The largest absolute Gasteiger partial charge is 0.356 e. The van der Waals surface area contributed by atoms with Crippen LogP contribution in [0.3, 0.4) is 0 Å². The highest BCUT2D eigenvalue weighted by molar-refractivity contribution is 8.26. The number of pyridine rings is 1. The number of hydrogen-bond donors (Lipinski definition) is 0. The first-order valence-corrected chi connectivity index (χ1v) is 13.6. The normalized spacial score (nSPS) is 24.8. The fourth-order valence-electron chi connectivity index (χ4n) is 4.47. The van der Waals surface area contributed by atoms with Crippen LogP contribution in [-0.2, 0) is 14.6 Å². The predicted octanol–water partition coefficient (Wildman–Crippen LogP) is 2.07. The van der Waals surface area contributed by atoms with E-state index in [-0.39, 0.29) is 23.0 Å². The summed E-state index contributed by atoms with van der Waals surface area (Å²) in [6.45, 7) is 1.61. The number of nitrogens with zero attached hydrogens (tertiary/aromatic N) is 4. The molecule has 5 rings (SSSR count). The Morgan fingerprint density at radius 3 is 2.66 bits per heavy atom. The number of rotatable bonds is 3. The summed E-state index contributed by atoms with van der Waals surface area (Å²) in [5, 5.41) is 0. The smallest absolute Gasteiger partial charge is 0.267 e. The molecule has 3 fully saturated rings. The summed E-state index contributed by atoms with van der Waals surface area (Å²) in [6, 6.07) is 4.94. The molecule has 0 unspecified atom stereocenters. The Morgan fingerprint density at radius 2 is 1.94 bits per heavy atom. The number of carbonyl (C=O) groups excluding carboxylic acids is 1. The second kappa shape index (κ2) is 8.27. The number of thioether (sulfide) groups is 1. The number of fused-ring (bicyclic) bond motifs is 1. The van der Waals surface area contributed by atoms with Crippen LogP contribution >= 0.6 is 24.0 Å². The number of thiocarbonyl (C=S) groups is 1. The number of anilines is 1. The van der Waals surface area contributed by atoms with Gasteiger partial charge in [-0.2, -0.15) is 0 Å². The first-order valence-electron chi connectivity index (χ1n) is 10.6. The van der Waals surface area contributed by atoms with E-state index in [4.69, 9.17) is 17.2 Å². The van der Waals surface area contributed by atoms with Gasteiger partial charge in [0.15, 0.2) is 9.84 Å². The first-order chi connectivity index (χ1) is 15.3. The van der Waals surface area contributed by atoms with Crippen molar-refractivity contribution in [3.63, 3.8) is 0 Å². The summed E-state index contributed by atoms with van der Waals surface area (Å²) in [6.07, 6.45) is 6.81. The van der Waals surface area contributed by atoms with Crippen molar-refractivity contribution in [1.82, 2.24) is 14.3 Å². The van der Waals surface area contributed by atoms with E-state index in [2.05, 4.69) is 4.90 Å². The molecule has 11 heteroatoms. The van der Waals surface area contributed by atoms with Gasteiger partial charge >= 0.3 is 0 Å². The van der Waals surface area contributed by atoms with E-state index in [0.29, 0.717) is 32.7 Å². The Bertz CT molecular complexity index is 1310.